The Kier molecular flexibility index (Phi) is 3.47. The van der Waals surface area contributed by atoms with Crippen molar-refractivity contribution in [3.63, 3.8) is 0 Å². The number of anilines is 2. The van der Waals surface area contributed by atoms with Gasteiger partial charge in [0.05, 0.1) is 0 Å². The number of amides is 1. The molecule has 110 valence electrons. The molecule has 7 heteroatoms. The van der Waals surface area contributed by atoms with Crippen molar-refractivity contribution in [1.29, 1.82) is 0 Å². The van der Waals surface area contributed by atoms with Gasteiger partial charge in [0.2, 0.25) is 5.91 Å². The van der Waals surface area contributed by atoms with Crippen LogP contribution in [0.2, 0.25) is 0 Å². The highest BCUT2D eigenvalue weighted by Gasteiger charge is 2.17. The normalized spacial score (nSPS) is 13.7. The van der Waals surface area contributed by atoms with Crippen molar-refractivity contribution in [3.05, 3.63) is 40.6 Å². The number of aromatic nitrogens is 3. The van der Waals surface area contributed by atoms with E-state index in [9.17, 15) is 9.59 Å². The van der Waals surface area contributed by atoms with E-state index in [1.807, 2.05) is 0 Å². The van der Waals surface area contributed by atoms with E-state index in [-0.39, 0.29) is 18.1 Å². The summed E-state index contributed by atoms with van der Waals surface area (Å²) in [5.41, 5.74) is 6.65. The molecule has 1 aliphatic rings. The third-order valence-electron chi connectivity index (χ3n) is 3.52. The molecule has 0 unspecified atom stereocenters. The molecular formula is C14H17N5O2. The van der Waals surface area contributed by atoms with Gasteiger partial charge in [0, 0.05) is 24.3 Å². The van der Waals surface area contributed by atoms with Crippen LogP contribution >= 0.6 is 0 Å². The molecule has 2 aromatic rings. The minimum absolute atomic E-state index is 0.0801. The molecule has 0 saturated heterocycles. The van der Waals surface area contributed by atoms with Gasteiger partial charge in [0.15, 0.2) is 0 Å². The van der Waals surface area contributed by atoms with Crippen molar-refractivity contribution in [3.8, 4) is 0 Å². The van der Waals surface area contributed by atoms with E-state index in [0.717, 1.165) is 25.1 Å². The molecule has 0 radical (unpaired) electrons. The molecule has 0 saturated carbocycles. The molecule has 3 N–H and O–H groups in total. The zero-order chi connectivity index (χ0) is 14.8. The maximum absolute atomic E-state index is 12.1. The number of hydrogen-bond donors (Lipinski definition) is 2. The monoisotopic (exact) mass is 287 g/mol. The zero-order valence-corrected chi connectivity index (χ0v) is 11.6. The number of nitrogens with zero attached hydrogens (tertiary/aromatic N) is 3. The van der Waals surface area contributed by atoms with Crippen molar-refractivity contribution < 1.29 is 4.79 Å². The van der Waals surface area contributed by atoms with Crippen LogP contribution in [0.25, 0.3) is 0 Å². The number of nitrogens with one attached hydrogen (secondary N) is 1. The minimum atomic E-state index is -0.280. The van der Waals surface area contributed by atoms with Crippen LogP contribution in [-0.4, -0.2) is 20.3 Å². The summed E-state index contributed by atoms with van der Waals surface area (Å²) in [6.45, 7) is 0.608. The van der Waals surface area contributed by atoms with Crippen molar-refractivity contribution in [2.45, 2.75) is 32.4 Å². The first kappa shape index (κ1) is 13.4. The highest BCUT2D eigenvalue weighted by Crippen LogP contribution is 2.11. The lowest BCUT2D eigenvalue weighted by Crippen LogP contribution is -2.30. The molecule has 7 nitrogen and oxygen atoms in total. The van der Waals surface area contributed by atoms with Crippen molar-refractivity contribution >= 4 is 17.3 Å². The Labute approximate surface area is 121 Å². The van der Waals surface area contributed by atoms with Gasteiger partial charge in [-0.05, 0) is 37.1 Å². The van der Waals surface area contributed by atoms with Crippen LogP contribution in [0.5, 0.6) is 0 Å². The van der Waals surface area contributed by atoms with Crippen LogP contribution in [-0.2, 0) is 24.3 Å². The molecule has 2 heterocycles. The highest BCUT2D eigenvalue weighted by atomic mass is 16.2. The highest BCUT2D eigenvalue weighted by molar-refractivity contribution is 5.90. The van der Waals surface area contributed by atoms with E-state index in [0.29, 0.717) is 17.9 Å². The Morgan fingerprint density at radius 3 is 2.76 bits per heavy atom. The second-order valence-electron chi connectivity index (χ2n) is 5.14. The van der Waals surface area contributed by atoms with Crippen LogP contribution in [0.15, 0.2) is 29.1 Å². The molecule has 0 spiro atoms. The molecule has 1 aromatic heterocycles. The first-order valence-electron chi connectivity index (χ1n) is 6.95. The minimum Gasteiger partial charge on any atom is -0.399 e. The van der Waals surface area contributed by atoms with Gasteiger partial charge in [-0.25, -0.2) is 9.48 Å². The average molecular weight is 287 g/mol. The van der Waals surface area contributed by atoms with Crippen molar-refractivity contribution in [2.24, 2.45) is 0 Å². The number of benzene rings is 1. The predicted octanol–water partition coefficient (Wildman–Crippen LogP) is 0.602. The number of rotatable bonds is 3. The van der Waals surface area contributed by atoms with Crippen LogP contribution in [0.3, 0.4) is 0 Å². The fourth-order valence-corrected chi connectivity index (χ4v) is 2.45. The van der Waals surface area contributed by atoms with Crippen LogP contribution in [0.4, 0.5) is 11.4 Å². The number of carbonyl (C=O) groups excluding carboxylic acids is 1. The molecule has 1 aliphatic heterocycles. The standard InChI is InChI=1S/C14H17N5O2/c15-10-4-6-11(7-5-10)16-13(20)9-19-14(21)18-8-2-1-3-12(18)17-19/h4-7H,1-3,8-9,15H2,(H,16,20). The molecule has 0 bridgehead atoms. The summed E-state index contributed by atoms with van der Waals surface area (Å²) in [4.78, 5) is 24.1. The Hall–Kier alpha value is -2.57. The fourth-order valence-electron chi connectivity index (χ4n) is 2.45. The topological polar surface area (TPSA) is 94.9 Å². The van der Waals surface area contributed by atoms with E-state index >= 15 is 0 Å². The summed E-state index contributed by atoms with van der Waals surface area (Å²) in [6.07, 6.45) is 2.81. The second kappa shape index (κ2) is 5.43. The van der Waals surface area contributed by atoms with Crippen molar-refractivity contribution in [2.75, 3.05) is 11.1 Å². The molecule has 0 fully saturated rings. The van der Waals surface area contributed by atoms with Gasteiger partial charge in [-0.3, -0.25) is 9.36 Å². The molecule has 1 aromatic carbocycles. The average Bonchev–Trinajstić information content (AvgIpc) is 2.78. The van der Waals surface area contributed by atoms with E-state index in [4.69, 9.17) is 5.73 Å². The second-order valence-corrected chi connectivity index (χ2v) is 5.14. The van der Waals surface area contributed by atoms with Gasteiger partial charge in [0.1, 0.15) is 12.4 Å². The van der Waals surface area contributed by atoms with Crippen molar-refractivity contribution in [1.82, 2.24) is 14.3 Å². The van der Waals surface area contributed by atoms with Crippen LogP contribution in [0, 0.1) is 0 Å². The van der Waals surface area contributed by atoms with Gasteiger partial charge >= 0.3 is 5.69 Å². The number of nitrogens with two attached hydrogens (primary N) is 1. The third-order valence-corrected chi connectivity index (χ3v) is 3.52. The van der Waals surface area contributed by atoms with E-state index < -0.39 is 0 Å². The van der Waals surface area contributed by atoms with Crippen LogP contribution in [0.1, 0.15) is 18.7 Å². The SMILES string of the molecule is Nc1ccc(NC(=O)Cn2nc3n(c2=O)CCCC3)cc1. The number of hydrogen-bond acceptors (Lipinski definition) is 4. The molecule has 0 aliphatic carbocycles. The lowest BCUT2D eigenvalue weighted by atomic mass is 10.2. The Morgan fingerprint density at radius 1 is 1.29 bits per heavy atom. The first-order valence-corrected chi connectivity index (χ1v) is 6.95. The number of aryl methyl sites for hydroxylation is 1. The number of carbonyl (C=O) groups is 1. The molecule has 1 amide bonds. The molecule has 0 atom stereocenters. The molecule has 3 rings (SSSR count). The Balaban J connectivity index is 1.71. The summed E-state index contributed by atoms with van der Waals surface area (Å²) >= 11 is 0. The van der Waals surface area contributed by atoms with Gasteiger partial charge in [-0.1, -0.05) is 0 Å². The van der Waals surface area contributed by atoms with Gasteiger partial charge in [0.25, 0.3) is 0 Å². The summed E-state index contributed by atoms with van der Waals surface area (Å²) in [7, 11) is 0. The summed E-state index contributed by atoms with van der Waals surface area (Å²) in [6, 6.07) is 6.84. The van der Waals surface area contributed by atoms with Gasteiger partial charge in [-0.15, -0.1) is 0 Å². The predicted molar refractivity (Wildman–Crippen MR) is 78.9 cm³/mol. The number of fused-ring (bicyclic) bond motifs is 1. The van der Waals surface area contributed by atoms with Gasteiger partial charge < -0.3 is 11.1 Å². The Morgan fingerprint density at radius 2 is 2.05 bits per heavy atom. The zero-order valence-electron chi connectivity index (χ0n) is 11.6. The van der Waals surface area contributed by atoms with Gasteiger partial charge in [-0.2, -0.15) is 5.10 Å². The lowest BCUT2D eigenvalue weighted by Gasteiger charge is -2.09. The molecule has 21 heavy (non-hydrogen) atoms. The maximum atomic E-state index is 12.1. The van der Waals surface area contributed by atoms with Crippen LogP contribution < -0.4 is 16.7 Å². The summed E-state index contributed by atoms with van der Waals surface area (Å²) in [5.74, 6) is 0.490. The summed E-state index contributed by atoms with van der Waals surface area (Å²) in [5, 5.41) is 6.95. The quantitative estimate of drug-likeness (QED) is 0.808. The van der Waals surface area contributed by atoms with E-state index in [1.165, 1.54) is 4.68 Å². The summed E-state index contributed by atoms with van der Waals surface area (Å²) < 4.78 is 2.88. The molecular weight excluding hydrogens is 270 g/mol. The third kappa shape index (κ3) is 2.81. The van der Waals surface area contributed by atoms with E-state index in [1.54, 1.807) is 28.8 Å². The Bertz CT molecular complexity index is 714. The number of nitrogen functional groups attached to an aromatic ring is 1. The maximum Gasteiger partial charge on any atom is 0.346 e. The largest absolute Gasteiger partial charge is 0.399 e. The smallest absolute Gasteiger partial charge is 0.346 e. The van der Waals surface area contributed by atoms with E-state index in [2.05, 4.69) is 10.4 Å². The first-order chi connectivity index (χ1) is 10.1. The fraction of sp³-hybridized carbons (Fsp3) is 0.357. The lowest BCUT2D eigenvalue weighted by molar-refractivity contribution is -0.117.